The Bertz CT molecular complexity index is 608. The SMILES string of the molecule is Cc1cccc(NC(=O)N2CCCCC2c2cn[nH]c2)c1. The molecule has 1 aromatic carbocycles. The van der Waals surface area contributed by atoms with Gasteiger partial charge in [-0.1, -0.05) is 12.1 Å². The highest BCUT2D eigenvalue weighted by molar-refractivity contribution is 5.89. The standard InChI is InChI=1S/C16H20N4O/c1-12-5-4-6-14(9-12)19-16(21)20-8-3-2-7-15(20)13-10-17-18-11-13/h4-6,9-11,15H,2-3,7-8H2,1H3,(H,17,18)(H,19,21). The molecule has 1 atom stereocenters. The smallest absolute Gasteiger partial charge is 0.317 e. The van der Waals surface area contributed by atoms with E-state index in [9.17, 15) is 4.79 Å². The van der Waals surface area contributed by atoms with Gasteiger partial charge >= 0.3 is 6.03 Å². The average Bonchev–Trinajstić information content (AvgIpc) is 3.01. The summed E-state index contributed by atoms with van der Waals surface area (Å²) in [7, 11) is 0. The Morgan fingerprint density at radius 2 is 2.33 bits per heavy atom. The summed E-state index contributed by atoms with van der Waals surface area (Å²) in [5, 5.41) is 9.84. The molecule has 0 aliphatic carbocycles. The van der Waals surface area contributed by atoms with Gasteiger partial charge in [-0.25, -0.2) is 4.79 Å². The molecule has 1 saturated heterocycles. The van der Waals surface area contributed by atoms with Crippen molar-refractivity contribution in [1.82, 2.24) is 15.1 Å². The Hall–Kier alpha value is -2.30. The molecule has 2 heterocycles. The lowest BCUT2D eigenvalue weighted by molar-refractivity contribution is 0.163. The van der Waals surface area contributed by atoms with Gasteiger partial charge < -0.3 is 10.2 Å². The Kier molecular flexibility index (Phi) is 3.90. The van der Waals surface area contributed by atoms with Crippen LogP contribution >= 0.6 is 0 Å². The number of likely N-dealkylation sites (tertiary alicyclic amines) is 1. The molecule has 0 saturated carbocycles. The fraction of sp³-hybridized carbons (Fsp3) is 0.375. The number of hydrogen-bond donors (Lipinski definition) is 2. The van der Waals surface area contributed by atoms with E-state index >= 15 is 0 Å². The number of benzene rings is 1. The fourth-order valence-electron chi connectivity index (χ4n) is 2.88. The fourth-order valence-corrected chi connectivity index (χ4v) is 2.88. The van der Waals surface area contributed by atoms with Crippen molar-refractivity contribution < 1.29 is 4.79 Å². The van der Waals surface area contributed by atoms with Gasteiger partial charge in [-0.15, -0.1) is 0 Å². The van der Waals surface area contributed by atoms with Crippen LogP contribution in [0.3, 0.4) is 0 Å². The van der Waals surface area contributed by atoms with E-state index in [0.29, 0.717) is 0 Å². The summed E-state index contributed by atoms with van der Waals surface area (Å²) in [6.45, 7) is 2.80. The molecule has 2 aromatic rings. The number of aromatic amines is 1. The van der Waals surface area contributed by atoms with Crippen molar-refractivity contribution in [2.24, 2.45) is 0 Å². The van der Waals surface area contributed by atoms with Crippen molar-refractivity contribution in [2.45, 2.75) is 32.2 Å². The third-order valence-electron chi connectivity index (χ3n) is 3.94. The second-order valence-corrected chi connectivity index (χ2v) is 5.54. The molecule has 2 N–H and O–H groups in total. The molecule has 1 unspecified atom stereocenters. The monoisotopic (exact) mass is 284 g/mol. The number of nitrogens with one attached hydrogen (secondary N) is 2. The van der Waals surface area contributed by atoms with Gasteiger partial charge in [0.2, 0.25) is 0 Å². The van der Waals surface area contributed by atoms with E-state index in [2.05, 4.69) is 15.5 Å². The number of hydrogen-bond acceptors (Lipinski definition) is 2. The quantitative estimate of drug-likeness (QED) is 0.887. The minimum atomic E-state index is -0.0356. The van der Waals surface area contributed by atoms with Crippen LogP contribution in [-0.4, -0.2) is 27.7 Å². The average molecular weight is 284 g/mol. The maximum Gasteiger partial charge on any atom is 0.322 e. The Balaban J connectivity index is 1.75. The number of nitrogens with zero attached hydrogens (tertiary/aromatic N) is 2. The van der Waals surface area contributed by atoms with E-state index in [1.807, 2.05) is 48.5 Å². The molecule has 1 aliphatic rings. The first-order valence-electron chi connectivity index (χ1n) is 7.37. The summed E-state index contributed by atoms with van der Waals surface area (Å²) in [6, 6.07) is 7.95. The second kappa shape index (κ2) is 5.99. The van der Waals surface area contributed by atoms with Crippen LogP contribution in [0.4, 0.5) is 10.5 Å². The number of aryl methyl sites for hydroxylation is 1. The normalized spacial score (nSPS) is 18.5. The van der Waals surface area contributed by atoms with Gasteiger partial charge in [0, 0.05) is 24.0 Å². The van der Waals surface area contributed by atoms with Crippen LogP contribution in [0.5, 0.6) is 0 Å². The molecular formula is C16H20N4O. The maximum atomic E-state index is 12.6. The summed E-state index contributed by atoms with van der Waals surface area (Å²) in [6.07, 6.45) is 6.87. The molecular weight excluding hydrogens is 264 g/mol. The first kappa shape index (κ1) is 13.7. The van der Waals surface area contributed by atoms with Crippen LogP contribution in [0.1, 0.15) is 36.4 Å². The second-order valence-electron chi connectivity index (χ2n) is 5.54. The van der Waals surface area contributed by atoms with E-state index in [4.69, 9.17) is 0 Å². The molecule has 5 nitrogen and oxygen atoms in total. The zero-order valence-corrected chi connectivity index (χ0v) is 12.2. The number of H-pyrrole nitrogens is 1. The molecule has 5 heteroatoms. The molecule has 0 radical (unpaired) electrons. The topological polar surface area (TPSA) is 61.0 Å². The first-order chi connectivity index (χ1) is 10.2. The lowest BCUT2D eigenvalue weighted by atomic mass is 9.98. The van der Waals surface area contributed by atoms with Crippen molar-refractivity contribution in [2.75, 3.05) is 11.9 Å². The lowest BCUT2D eigenvalue weighted by Gasteiger charge is -2.35. The van der Waals surface area contributed by atoms with Gasteiger partial charge in [-0.3, -0.25) is 5.10 Å². The lowest BCUT2D eigenvalue weighted by Crippen LogP contribution is -2.41. The van der Waals surface area contributed by atoms with Gasteiger partial charge in [0.15, 0.2) is 0 Å². The van der Waals surface area contributed by atoms with Crippen LogP contribution in [-0.2, 0) is 0 Å². The minimum Gasteiger partial charge on any atom is -0.317 e. The van der Waals surface area contributed by atoms with E-state index in [-0.39, 0.29) is 12.1 Å². The molecule has 1 aromatic heterocycles. The number of carbonyl (C=O) groups is 1. The number of anilines is 1. The third-order valence-corrected chi connectivity index (χ3v) is 3.94. The number of urea groups is 1. The van der Waals surface area contributed by atoms with Gasteiger partial charge in [-0.2, -0.15) is 5.10 Å². The Morgan fingerprint density at radius 1 is 1.43 bits per heavy atom. The predicted molar refractivity (Wildman–Crippen MR) is 82.1 cm³/mol. The van der Waals surface area contributed by atoms with Gasteiger partial charge in [0.05, 0.1) is 12.2 Å². The molecule has 1 aliphatic heterocycles. The molecule has 1 fully saturated rings. The zero-order chi connectivity index (χ0) is 14.7. The molecule has 0 spiro atoms. The predicted octanol–water partition coefficient (Wildman–Crippen LogP) is 3.48. The van der Waals surface area contributed by atoms with Crippen molar-refractivity contribution >= 4 is 11.7 Å². The highest BCUT2D eigenvalue weighted by Gasteiger charge is 2.28. The van der Waals surface area contributed by atoms with E-state index in [1.165, 1.54) is 0 Å². The molecule has 110 valence electrons. The highest BCUT2D eigenvalue weighted by Crippen LogP contribution is 2.30. The number of carbonyl (C=O) groups excluding carboxylic acids is 1. The summed E-state index contributed by atoms with van der Waals surface area (Å²) in [5.41, 5.74) is 3.06. The van der Waals surface area contributed by atoms with Gasteiger partial charge in [0.1, 0.15) is 0 Å². The molecule has 3 rings (SSSR count). The van der Waals surface area contributed by atoms with Crippen LogP contribution in [0, 0.1) is 6.92 Å². The first-order valence-corrected chi connectivity index (χ1v) is 7.37. The van der Waals surface area contributed by atoms with Crippen LogP contribution in [0.25, 0.3) is 0 Å². The van der Waals surface area contributed by atoms with Crippen LogP contribution < -0.4 is 5.32 Å². The van der Waals surface area contributed by atoms with Crippen molar-refractivity contribution in [1.29, 1.82) is 0 Å². The van der Waals surface area contributed by atoms with Gasteiger partial charge in [-0.05, 0) is 43.9 Å². The van der Waals surface area contributed by atoms with E-state index in [0.717, 1.165) is 42.6 Å². The summed E-state index contributed by atoms with van der Waals surface area (Å²) in [5.74, 6) is 0. The van der Waals surface area contributed by atoms with Crippen molar-refractivity contribution in [3.63, 3.8) is 0 Å². The molecule has 2 amide bonds. The number of aromatic nitrogens is 2. The summed E-state index contributed by atoms with van der Waals surface area (Å²) >= 11 is 0. The maximum absolute atomic E-state index is 12.6. The van der Waals surface area contributed by atoms with Crippen molar-refractivity contribution in [3.8, 4) is 0 Å². The third kappa shape index (κ3) is 3.07. The summed E-state index contributed by atoms with van der Waals surface area (Å²) < 4.78 is 0. The zero-order valence-electron chi connectivity index (χ0n) is 12.2. The largest absolute Gasteiger partial charge is 0.322 e. The number of amides is 2. The van der Waals surface area contributed by atoms with E-state index in [1.54, 1.807) is 0 Å². The number of rotatable bonds is 2. The van der Waals surface area contributed by atoms with Gasteiger partial charge in [0.25, 0.3) is 0 Å². The van der Waals surface area contributed by atoms with Crippen LogP contribution in [0.2, 0.25) is 0 Å². The Labute approximate surface area is 124 Å². The number of piperidine rings is 1. The summed E-state index contributed by atoms with van der Waals surface area (Å²) in [4.78, 5) is 14.5. The molecule has 0 bridgehead atoms. The van der Waals surface area contributed by atoms with Crippen LogP contribution in [0.15, 0.2) is 36.7 Å². The molecule has 21 heavy (non-hydrogen) atoms. The minimum absolute atomic E-state index is 0.0356. The van der Waals surface area contributed by atoms with E-state index < -0.39 is 0 Å². The highest BCUT2D eigenvalue weighted by atomic mass is 16.2. The Morgan fingerprint density at radius 3 is 3.10 bits per heavy atom. The van der Waals surface area contributed by atoms with Crippen molar-refractivity contribution in [3.05, 3.63) is 47.8 Å².